The summed E-state index contributed by atoms with van der Waals surface area (Å²) in [5, 5.41) is 10.9. The lowest BCUT2D eigenvalue weighted by Crippen LogP contribution is -2.58. The highest BCUT2D eigenvalue weighted by molar-refractivity contribution is 5.49. The number of phenolic OH excluding ortho intramolecular Hbond substituents is 1. The molecule has 24 heavy (non-hydrogen) atoms. The summed E-state index contributed by atoms with van der Waals surface area (Å²) in [6, 6.07) is 4.30. The second kappa shape index (κ2) is 6.34. The van der Waals surface area contributed by atoms with Crippen molar-refractivity contribution in [1.29, 1.82) is 0 Å². The first-order chi connectivity index (χ1) is 10.8. The first kappa shape index (κ1) is 19.3. The lowest BCUT2D eigenvalue weighted by Gasteiger charge is -2.40. The Balaban J connectivity index is 2.52. The summed E-state index contributed by atoms with van der Waals surface area (Å²) in [6.07, 6.45) is 4.82. The van der Waals surface area contributed by atoms with Crippen LogP contribution in [-0.4, -0.2) is 16.7 Å². The predicted octanol–water partition coefficient (Wildman–Crippen LogP) is 4.13. The van der Waals surface area contributed by atoms with Gasteiger partial charge in [0.2, 0.25) is 0 Å². The van der Waals surface area contributed by atoms with E-state index in [9.17, 15) is 5.11 Å². The molecule has 2 rings (SSSR count). The predicted molar refractivity (Wildman–Crippen MR) is 103 cm³/mol. The van der Waals surface area contributed by atoms with Gasteiger partial charge in [0.25, 0.3) is 0 Å². The second-order valence-electron chi connectivity index (χ2n) is 9.79. The lowest BCUT2D eigenvalue weighted by molar-refractivity contribution is 0.248. The summed E-state index contributed by atoms with van der Waals surface area (Å²) in [5.41, 5.74) is 15.7. The third-order valence-electron chi connectivity index (χ3n) is 5.53. The quantitative estimate of drug-likeness (QED) is 0.762. The number of phenols is 1. The molecule has 1 fully saturated rings. The van der Waals surface area contributed by atoms with Crippen LogP contribution in [0.15, 0.2) is 12.1 Å². The molecule has 5 N–H and O–H groups in total. The van der Waals surface area contributed by atoms with E-state index in [0.29, 0.717) is 12.2 Å². The largest absolute Gasteiger partial charge is 0.507 e. The fourth-order valence-electron chi connectivity index (χ4n) is 3.70. The maximum atomic E-state index is 10.9. The zero-order valence-corrected chi connectivity index (χ0v) is 16.4. The van der Waals surface area contributed by atoms with Crippen LogP contribution in [0.3, 0.4) is 0 Å². The minimum absolute atomic E-state index is 0.00188. The van der Waals surface area contributed by atoms with Crippen molar-refractivity contribution in [3.8, 4) is 5.75 Å². The van der Waals surface area contributed by atoms with Gasteiger partial charge in [0, 0.05) is 11.6 Å². The van der Waals surface area contributed by atoms with Crippen molar-refractivity contribution in [1.82, 2.24) is 0 Å². The Bertz CT molecular complexity index is 595. The normalized spacial score (nSPS) is 25.8. The van der Waals surface area contributed by atoms with Crippen molar-refractivity contribution in [2.24, 2.45) is 11.5 Å². The molecule has 0 heterocycles. The van der Waals surface area contributed by atoms with Crippen LogP contribution in [0.5, 0.6) is 5.75 Å². The molecule has 1 aliphatic rings. The summed E-state index contributed by atoms with van der Waals surface area (Å²) in [7, 11) is 0. The topological polar surface area (TPSA) is 72.3 Å². The first-order valence-electron chi connectivity index (χ1n) is 9.26. The van der Waals surface area contributed by atoms with Crippen molar-refractivity contribution >= 4 is 0 Å². The van der Waals surface area contributed by atoms with Crippen LogP contribution >= 0.6 is 0 Å². The fraction of sp³-hybridized carbons (Fsp3) is 0.714. The monoisotopic (exact) mass is 332 g/mol. The van der Waals surface area contributed by atoms with Crippen LogP contribution in [0.4, 0.5) is 0 Å². The van der Waals surface area contributed by atoms with Crippen molar-refractivity contribution in [3.63, 3.8) is 0 Å². The summed E-state index contributed by atoms with van der Waals surface area (Å²) >= 11 is 0. The summed E-state index contributed by atoms with van der Waals surface area (Å²) in [5.74, 6) is 0.401. The van der Waals surface area contributed by atoms with Gasteiger partial charge in [0.05, 0.1) is 0 Å². The maximum Gasteiger partial charge on any atom is 0.122 e. The van der Waals surface area contributed by atoms with E-state index < -0.39 is 5.54 Å². The van der Waals surface area contributed by atoms with Crippen LogP contribution in [0.2, 0.25) is 0 Å². The average Bonchev–Trinajstić information content (AvgIpc) is 2.42. The molecule has 0 bridgehead atoms. The summed E-state index contributed by atoms with van der Waals surface area (Å²) in [6.45, 7) is 13.1. The number of benzene rings is 1. The Hall–Kier alpha value is -1.06. The number of hydrogen-bond donors (Lipinski definition) is 3. The lowest BCUT2D eigenvalue weighted by atomic mass is 9.72. The van der Waals surface area contributed by atoms with Gasteiger partial charge in [-0.25, -0.2) is 0 Å². The highest BCUT2D eigenvalue weighted by Gasteiger charge is 2.36. The molecular weight excluding hydrogens is 296 g/mol. The highest BCUT2D eigenvalue weighted by atomic mass is 16.3. The van der Waals surface area contributed by atoms with Gasteiger partial charge in [-0.05, 0) is 46.8 Å². The van der Waals surface area contributed by atoms with E-state index in [4.69, 9.17) is 11.5 Å². The fourth-order valence-corrected chi connectivity index (χ4v) is 3.70. The molecule has 0 aromatic heterocycles. The molecule has 136 valence electrons. The maximum absolute atomic E-state index is 10.9. The average molecular weight is 333 g/mol. The summed E-state index contributed by atoms with van der Waals surface area (Å²) < 4.78 is 0. The van der Waals surface area contributed by atoms with Crippen molar-refractivity contribution in [2.45, 2.75) is 96.1 Å². The minimum atomic E-state index is -0.415. The number of rotatable bonds is 2. The molecule has 0 amide bonds. The Morgan fingerprint density at radius 1 is 1.08 bits per heavy atom. The SMILES string of the molecule is CC(C)(C)c1cc(CC2(N)CCCCC2N)c(O)c(C(C)(C)C)c1. The molecule has 0 aliphatic heterocycles. The summed E-state index contributed by atoms with van der Waals surface area (Å²) in [4.78, 5) is 0. The Morgan fingerprint density at radius 2 is 1.71 bits per heavy atom. The van der Waals surface area contributed by atoms with Crippen molar-refractivity contribution < 1.29 is 5.11 Å². The molecule has 1 saturated carbocycles. The molecule has 1 aromatic rings. The number of aromatic hydroxyl groups is 1. The Kier molecular flexibility index (Phi) is 5.09. The molecule has 0 spiro atoms. The standard InChI is InChI=1S/C21H36N2O/c1-19(2,3)15-11-14(18(24)16(12-15)20(4,5)6)13-21(23)10-8-7-9-17(21)22/h11-12,17,24H,7-10,13,22-23H2,1-6H3. The van der Waals surface area contributed by atoms with E-state index >= 15 is 0 Å². The van der Waals surface area contributed by atoms with Crippen LogP contribution in [0, 0.1) is 0 Å². The van der Waals surface area contributed by atoms with E-state index in [2.05, 4.69) is 53.7 Å². The van der Waals surface area contributed by atoms with Gasteiger partial charge >= 0.3 is 0 Å². The molecule has 2 unspecified atom stereocenters. The molecule has 1 aromatic carbocycles. The zero-order chi connectivity index (χ0) is 18.3. The minimum Gasteiger partial charge on any atom is -0.507 e. The molecule has 3 heteroatoms. The van der Waals surface area contributed by atoms with Crippen LogP contribution in [-0.2, 0) is 17.3 Å². The number of hydrogen-bond acceptors (Lipinski definition) is 3. The number of nitrogens with two attached hydrogens (primary N) is 2. The molecule has 0 saturated heterocycles. The van der Waals surface area contributed by atoms with Gasteiger partial charge in [-0.2, -0.15) is 0 Å². The third-order valence-corrected chi connectivity index (χ3v) is 5.53. The molecule has 1 aliphatic carbocycles. The molecule has 0 radical (unpaired) electrons. The molecular formula is C21H36N2O. The van der Waals surface area contributed by atoms with E-state index in [1.165, 1.54) is 5.56 Å². The van der Waals surface area contributed by atoms with E-state index in [0.717, 1.165) is 36.8 Å². The Morgan fingerprint density at radius 3 is 2.21 bits per heavy atom. The van der Waals surface area contributed by atoms with Crippen molar-refractivity contribution in [3.05, 3.63) is 28.8 Å². The first-order valence-corrected chi connectivity index (χ1v) is 9.26. The zero-order valence-electron chi connectivity index (χ0n) is 16.4. The van der Waals surface area contributed by atoms with Gasteiger partial charge in [0.15, 0.2) is 0 Å². The van der Waals surface area contributed by atoms with E-state index in [-0.39, 0.29) is 16.9 Å². The van der Waals surface area contributed by atoms with E-state index in [1.807, 2.05) is 0 Å². The highest BCUT2D eigenvalue weighted by Crippen LogP contribution is 2.40. The Labute approximate surface area is 147 Å². The second-order valence-corrected chi connectivity index (χ2v) is 9.79. The third kappa shape index (κ3) is 3.94. The van der Waals surface area contributed by atoms with Crippen LogP contribution in [0.25, 0.3) is 0 Å². The smallest absolute Gasteiger partial charge is 0.122 e. The van der Waals surface area contributed by atoms with Gasteiger partial charge in [-0.15, -0.1) is 0 Å². The van der Waals surface area contributed by atoms with Crippen LogP contribution < -0.4 is 11.5 Å². The van der Waals surface area contributed by atoms with Crippen LogP contribution in [0.1, 0.15) is 83.9 Å². The van der Waals surface area contributed by atoms with Gasteiger partial charge in [0.1, 0.15) is 5.75 Å². The van der Waals surface area contributed by atoms with Gasteiger partial charge in [-0.1, -0.05) is 66.5 Å². The molecule has 3 nitrogen and oxygen atoms in total. The van der Waals surface area contributed by atoms with Crippen molar-refractivity contribution in [2.75, 3.05) is 0 Å². The van der Waals surface area contributed by atoms with Gasteiger partial charge < -0.3 is 16.6 Å². The van der Waals surface area contributed by atoms with E-state index in [1.54, 1.807) is 0 Å². The van der Waals surface area contributed by atoms with Gasteiger partial charge in [-0.3, -0.25) is 0 Å². The molecule has 2 atom stereocenters.